The van der Waals surface area contributed by atoms with E-state index in [2.05, 4.69) is 21.2 Å². The molecule has 0 saturated carbocycles. The Morgan fingerprint density at radius 2 is 1.83 bits per heavy atom. The maximum Gasteiger partial charge on any atom is 0.238 e. The summed E-state index contributed by atoms with van der Waals surface area (Å²) in [5.41, 5.74) is 2.12. The second-order valence-electron chi connectivity index (χ2n) is 5.07. The molecule has 0 saturated heterocycles. The predicted octanol–water partition coefficient (Wildman–Crippen LogP) is 2.86. The Hall–Kier alpha value is -1.12. The van der Waals surface area contributed by atoms with E-state index < -0.39 is 10.0 Å². The number of hydrogen-bond acceptors (Lipinski definition) is 4. The van der Waals surface area contributed by atoms with Gasteiger partial charge in [0.25, 0.3) is 0 Å². The zero-order chi connectivity index (χ0) is 16.9. The molecule has 5 nitrogen and oxygen atoms in total. The summed E-state index contributed by atoms with van der Waals surface area (Å²) in [7, 11) is -1.97. The fourth-order valence-corrected chi connectivity index (χ4v) is 3.11. The van der Waals surface area contributed by atoms with Crippen LogP contribution in [0, 0.1) is 0 Å². The van der Waals surface area contributed by atoms with Crippen LogP contribution >= 0.6 is 28.3 Å². The van der Waals surface area contributed by atoms with Crippen molar-refractivity contribution in [3.63, 3.8) is 0 Å². The number of benzene rings is 2. The zero-order valence-corrected chi connectivity index (χ0v) is 16.4. The molecule has 0 heterocycles. The van der Waals surface area contributed by atoms with Gasteiger partial charge in [0.05, 0.1) is 12.0 Å². The summed E-state index contributed by atoms with van der Waals surface area (Å²) >= 11 is 3.45. The molecule has 0 bridgehead atoms. The predicted molar refractivity (Wildman–Crippen MR) is 101 cm³/mol. The zero-order valence-electron chi connectivity index (χ0n) is 13.2. The van der Waals surface area contributed by atoms with Crippen molar-refractivity contribution < 1.29 is 13.2 Å². The third-order valence-corrected chi connectivity index (χ3v) is 4.82. The molecule has 0 aliphatic heterocycles. The van der Waals surface area contributed by atoms with Crippen LogP contribution < -0.4 is 15.2 Å². The summed E-state index contributed by atoms with van der Waals surface area (Å²) in [6, 6.07) is 12.5. The molecule has 132 valence electrons. The Morgan fingerprint density at radius 3 is 2.42 bits per heavy atom. The van der Waals surface area contributed by atoms with E-state index in [-0.39, 0.29) is 17.3 Å². The first-order valence-electron chi connectivity index (χ1n) is 7.05. The Kier molecular flexibility index (Phi) is 8.18. The minimum atomic E-state index is -3.63. The number of nitrogens with two attached hydrogens (primary N) is 1. The van der Waals surface area contributed by atoms with Gasteiger partial charge in [0.1, 0.15) is 5.75 Å². The normalized spacial score (nSPS) is 11.0. The molecule has 0 atom stereocenters. The standard InChI is InChI=1S/C16H19BrN2O3S.ClH/c1-22-16-7-4-14(17)10-13(16)11-19-9-8-12-2-5-15(6-3-12)23(18,20)21;/h2-7,10,19H,8-9,11H2,1H3,(H2,18,20,21);1H. The second-order valence-corrected chi connectivity index (χ2v) is 7.55. The second kappa shape index (κ2) is 9.39. The summed E-state index contributed by atoms with van der Waals surface area (Å²) in [5.74, 6) is 0.846. The lowest BCUT2D eigenvalue weighted by molar-refractivity contribution is 0.407. The van der Waals surface area contributed by atoms with Gasteiger partial charge in [-0.1, -0.05) is 28.1 Å². The van der Waals surface area contributed by atoms with E-state index in [1.165, 1.54) is 12.1 Å². The van der Waals surface area contributed by atoms with Gasteiger partial charge in [0.15, 0.2) is 0 Å². The average Bonchev–Trinajstić information content (AvgIpc) is 2.51. The van der Waals surface area contributed by atoms with Crippen LogP contribution in [0.4, 0.5) is 0 Å². The lowest BCUT2D eigenvalue weighted by Crippen LogP contribution is -2.17. The SMILES string of the molecule is COc1ccc(Br)cc1CNCCc1ccc(S(N)(=O)=O)cc1.Cl. The molecule has 0 spiro atoms. The molecule has 0 unspecified atom stereocenters. The van der Waals surface area contributed by atoms with Gasteiger partial charge in [0, 0.05) is 16.6 Å². The maximum absolute atomic E-state index is 11.2. The van der Waals surface area contributed by atoms with Gasteiger partial charge < -0.3 is 10.1 Å². The van der Waals surface area contributed by atoms with E-state index >= 15 is 0 Å². The van der Waals surface area contributed by atoms with Crippen LogP contribution in [0.3, 0.4) is 0 Å². The number of halogens is 2. The Balaban J connectivity index is 0.00000288. The highest BCUT2D eigenvalue weighted by Crippen LogP contribution is 2.22. The minimum absolute atomic E-state index is 0. The first-order chi connectivity index (χ1) is 10.9. The van der Waals surface area contributed by atoms with Gasteiger partial charge >= 0.3 is 0 Å². The number of methoxy groups -OCH3 is 1. The van der Waals surface area contributed by atoms with Crippen molar-refractivity contribution >= 4 is 38.4 Å². The molecule has 2 aromatic carbocycles. The number of ether oxygens (including phenoxy) is 1. The highest BCUT2D eigenvalue weighted by Gasteiger charge is 2.07. The van der Waals surface area contributed by atoms with Crippen LogP contribution in [0.15, 0.2) is 51.8 Å². The Labute approximate surface area is 157 Å². The highest BCUT2D eigenvalue weighted by molar-refractivity contribution is 9.10. The highest BCUT2D eigenvalue weighted by atomic mass is 79.9. The molecular formula is C16H20BrClN2O3S. The van der Waals surface area contributed by atoms with Gasteiger partial charge in [-0.2, -0.15) is 0 Å². The smallest absolute Gasteiger partial charge is 0.238 e. The third-order valence-electron chi connectivity index (χ3n) is 3.40. The summed E-state index contributed by atoms with van der Waals surface area (Å²) in [5, 5.41) is 8.43. The van der Waals surface area contributed by atoms with Crippen LogP contribution in [0.1, 0.15) is 11.1 Å². The molecule has 2 aromatic rings. The quantitative estimate of drug-likeness (QED) is 0.655. The molecule has 8 heteroatoms. The van der Waals surface area contributed by atoms with Crippen LogP contribution in [-0.2, 0) is 23.0 Å². The van der Waals surface area contributed by atoms with Crippen molar-refractivity contribution in [2.45, 2.75) is 17.9 Å². The molecule has 0 aliphatic rings. The molecule has 0 aliphatic carbocycles. The first kappa shape index (κ1) is 20.9. The van der Waals surface area contributed by atoms with Crippen LogP contribution in [0.5, 0.6) is 5.75 Å². The van der Waals surface area contributed by atoms with Crippen molar-refractivity contribution in [2.24, 2.45) is 5.14 Å². The van der Waals surface area contributed by atoms with E-state index in [0.29, 0.717) is 6.54 Å². The molecule has 2 rings (SSSR count). The molecular weight excluding hydrogens is 416 g/mol. The van der Waals surface area contributed by atoms with Gasteiger partial charge in [-0.05, 0) is 48.9 Å². The number of primary sulfonamides is 1. The molecule has 0 amide bonds. The van der Waals surface area contributed by atoms with Gasteiger partial charge in [-0.3, -0.25) is 0 Å². The summed E-state index contributed by atoms with van der Waals surface area (Å²) in [6.45, 7) is 1.46. The largest absolute Gasteiger partial charge is 0.496 e. The van der Waals surface area contributed by atoms with Crippen molar-refractivity contribution in [2.75, 3.05) is 13.7 Å². The molecule has 0 aromatic heterocycles. The van der Waals surface area contributed by atoms with Crippen molar-refractivity contribution in [3.8, 4) is 5.75 Å². The minimum Gasteiger partial charge on any atom is -0.496 e. The van der Waals surface area contributed by atoms with E-state index in [1.807, 2.05) is 18.2 Å². The number of hydrogen-bond donors (Lipinski definition) is 2. The fraction of sp³-hybridized carbons (Fsp3) is 0.250. The van der Waals surface area contributed by atoms with Gasteiger partial charge in [0.2, 0.25) is 10.0 Å². The van der Waals surface area contributed by atoms with E-state index in [9.17, 15) is 8.42 Å². The lowest BCUT2D eigenvalue weighted by atomic mass is 10.1. The maximum atomic E-state index is 11.2. The average molecular weight is 436 g/mol. The van der Waals surface area contributed by atoms with Crippen molar-refractivity contribution in [1.29, 1.82) is 0 Å². The summed E-state index contributed by atoms with van der Waals surface area (Å²) < 4.78 is 28.7. The van der Waals surface area contributed by atoms with Crippen LogP contribution in [0.25, 0.3) is 0 Å². The van der Waals surface area contributed by atoms with E-state index in [0.717, 1.165) is 34.3 Å². The lowest BCUT2D eigenvalue weighted by Gasteiger charge is -2.10. The van der Waals surface area contributed by atoms with Gasteiger partial charge in [-0.25, -0.2) is 13.6 Å². The van der Waals surface area contributed by atoms with E-state index in [4.69, 9.17) is 9.88 Å². The van der Waals surface area contributed by atoms with Gasteiger partial charge in [-0.15, -0.1) is 12.4 Å². The first-order valence-corrected chi connectivity index (χ1v) is 9.39. The Morgan fingerprint density at radius 1 is 1.17 bits per heavy atom. The molecule has 0 radical (unpaired) electrons. The topological polar surface area (TPSA) is 81.4 Å². The monoisotopic (exact) mass is 434 g/mol. The van der Waals surface area contributed by atoms with Crippen molar-refractivity contribution in [1.82, 2.24) is 5.32 Å². The fourth-order valence-electron chi connectivity index (χ4n) is 2.19. The van der Waals surface area contributed by atoms with E-state index in [1.54, 1.807) is 19.2 Å². The summed E-state index contributed by atoms with van der Waals surface area (Å²) in [4.78, 5) is 0.132. The molecule has 0 fully saturated rings. The third kappa shape index (κ3) is 6.07. The van der Waals surface area contributed by atoms with Crippen LogP contribution in [-0.4, -0.2) is 22.1 Å². The number of rotatable bonds is 7. The number of nitrogens with one attached hydrogen (secondary N) is 1. The molecule has 3 N–H and O–H groups in total. The number of sulfonamides is 1. The Bertz CT molecular complexity index is 767. The molecule has 24 heavy (non-hydrogen) atoms. The van der Waals surface area contributed by atoms with Crippen LogP contribution in [0.2, 0.25) is 0 Å². The summed E-state index contributed by atoms with van der Waals surface area (Å²) in [6.07, 6.45) is 0.793. The van der Waals surface area contributed by atoms with Crippen molar-refractivity contribution in [3.05, 3.63) is 58.1 Å².